The molecule has 7 heteroatoms. The molecule has 0 aromatic heterocycles. The summed E-state index contributed by atoms with van der Waals surface area (Å²) in [5.41, 5.74) is 7.28. The highest BCUT2D eigenvalue weighted by Crippen LogP contribution is 2.30. The van der Waals surface area contributed by atoms with Crippen LogP contribution in [-0.4, -0.2) is 4.92 Å². The molecule has 0 fully saturated rings. The van der Waals surface area contributed by atoms with Gasteiger partial charge in [-0.3, -0.25) is 10.1 Å². The van der Waals surface area contributed by atoms with Gasteiger partial charge in [0.2, 0.25) is 0 Å². The maximum atomic E-state index is 13.3. The number of nitrogens with two attached hydrogens (primary N) is 1. The predicted molar refractivity (Wildman–Crippen MR) is 79.7 cm³/mol. The average Bonchev–Trinajstić information content (AvgIpc) is 2.48. The number of nitro benzene ring substituents is 1. The van der Waals surface area contributed by atoms with Gasteiger partial charge in [0.05, 0.1) is 16.0 Å². The molecule has 0 amide bonds. The topological polar surface area (TPSA) is 81.2 Å². The van der Waals surface area contributed by atoms with Crippen LogP contribution in [0.3, 0.4) is 0 Å². The number of nitro groups is 1. The lowest BCUT2D eigenvalue weighted by Gasteiger charge is -2.11. The van der Waals surface area contributed by atoms with Gasteiger partial charge >= 0.3 is 0 Å². The zero-order valence-electron chi connectivity index (χ0n) is 11.0. The molecule has 0 saturated carbocycles. The summed E-state index contributed by atoms with van der Waals surface area (Å²) in [4.78, 5) is 10.3. The van der Waals surface area contributed by atoms with Crippen molar-refractivity contribution in [3.63, 3.8) is 0 Å². The lowest BCUT2D eigenvalue weighted by atomic mass is 10.1. The average molecular weight is 310 g/mol. The molecule has 2 aromatic carbocycles. The summed E-state index contributed by atoms with van der Waals surface area (Å²) in [6.07, 6.45) is 0. The standard InChI is InChI=1S/C14H13ClFN3O2/c15-11-5-13(14(19(20)21)6-12(11)16)18-8-10-4-2-1-3-9(10)7-17/h1-6,18H,7-8,17H2. The summed E-state index contributed by atoms with van der Waals surface area (Å²) in [6.45, 7) is 0.695. The van der Waals surface area contributed by atoms with Crippen LogP contribution in [0.2, 0.25) is 5.02 Å². The fraction of sp³-hybridized carbons (Fsp3) is 0.143. The molecule has 0 atom stereocenters. The highest BCUT2D eigenvalue weighted by atomic mass is 35.5. The summed E-state index contributed by atoms with van der Waals surface area (Å²) < 4.78 is 13.3. The molecule has 0 aliphatic heterocycles. The van der Waals surface area contributed by atoms with Gasteiger partial charge in [-0.15, -0.1) is 0 Å². The Balaban J connectivity index is 2.27. The zero-order valence-corrected chi connectivity index (χ0v) is 11.7. The number of hydrogen-bond acceptors (Lipinski definition) is 4. The smallest absolute Gasteiger partial charge is 0.295 e. The van der Waals surface area contributed by atoms with Crippen molar-refractivity contribution in [2.75, 3.05) is 5.32 Å². The van der Waals surface area contributed by atoms with E-state index in [1.54, 1.807) is 0 Å². The van der Waals surface area contributed by atoms with E-state index in [0.717, 1.165) is 17.2 Å². The number of halogens is 2. The van der Waals surface area contributed by atoms with Crippen LogP contribution in [0.4, 0.5) is 15.8 Å². The molecule has 0 unspecified atom stereocenters. The normalized spacial score (nSPS) is 10.4. The summed E-state index contributed by atoms with van der Waals surface area (Å²) in [5.74, 6) is -0.823. The number of nitrogens with one attached hydrogen (secondary N) is 1. The molecule has 5 nitrogen and oxygen atoms in total. The lowest BCUT2D eigenvalue weighted by molar-refractivity contribution is -0.384. The van der Waals surface area contributed by atoms with Crippen LogP contribution in [0.5, 0.6) is 0 Å². The maximum absolute atomic E-state index is 13.3. The largest absolute Gasteiger partial charge is 0.375 e. The van der Waals surface area contributed by atoms with Crippen LogP contribution in [-0.2, 0) is 13.1 Å². The molecule has 110 valence electrons. The molecule has 21 heavy (non-hydrogen) atoms. The molecule has 3 N–H and O–H groups in total. The highest BCUT2D eigenvalue weighted by molar-refractivity contribution is 6.31. The fourth-order valence-electron chi connectivity index (χ4n) is 1.95. The van der Waals surface area contributed by atoms with Gasteiger partial charge in [-0.05, 0) is 17.2 Å². The first-order valence-corrected chi connectivity index (χ1v) is 6.55. The van der Waals surface area contributed by atoms with Gasteiger partial charge in [-0.1, -0.05) is 35.9 Å². The first kappa shape index (κ1) is 15.2. The highest BCUT2D eigenvalue weighted by Gasteiger charge is 2.17. The Labute approximate surface area is 125 Å². The minimum Gasteiger partial charge on any atom is -0.375 e. The Morgan fingerprint density at radius 1 is 1.29 bits per heavy atom. The number of nitrogens with zero attached hydrogens (tertiary/aromatic N) is 1. The van der Waals surface area contributed by atoms with Crippen molar-refractivity contribution >= 4 is 23.0 Å². The summed E-state index contributed by atoms with van der Waals surface area (Å²) in [5, 5.41) is 13.7. The van der Waals surface area contributed by atoms with E-state index in [4.69, 9.17) is 17.3 Å². The zero-order chi connectivity index (χ0) is 15.4. The molecule has 0 heterocycles. The van der Waals surface area contributed by atoms with Gasteiger partial charge < -0.3 is 11.1 Å². The van der Waals surface area contributed by atoms with Crippen molar-refractivity contribution in [2.24, 2.45) is 5.73 Å². The van der Waals surface area contributed by atoms with E-state index in [-0.39, 0.29) is 16.4 Å². The minimum atomic E-state index is -0.823. The van der Waals surface area contributed by atoms with Crippen LogP contribution >= 0.6 is 11.6 Å². The van der Waals surface area contributed by atoms with Crippen molar-refractivity contribution in [3.8, 4) is 0 Å². The molecule has 0 aliphatic rings. The van der Waals surface area contributed by atoms with Gasteiger partial charge in [0.15, 0.2) is 0 Å². The first-order valence-electron chi connectivity index (χ1n) is 6.17. The molecule has 0 spiro atoms. The van der Waals surface area contributed by atoms with Crippen molar-refractivity contribution in [1.82, 2.24) is 0 Å². The maximum Gasteiger partial charge on any atom is 0.295 e. The fourth-order valence-corrected chi connectivity index (χ4v) is 2.11. The number of benzene rings is 2. The first-order chi connectivity index (χ1) is 10.0. The summed E-state index contributed by atoms with van der Waals surface area (Å²) in [6, 6.07) is 9.47. The second kappa shape index (κ2) is 6.51. The number of hydrogen-bond donors (Lipinski definition) is 2. The van der Waals surface area contributed by atoms with Crippen LogP contribution in [0, 0.1) is 15.9 Å². The van der Waals surface area contributed by atoms with E-state index < -0.39 is 10.7 Å². The molecule has 2 rings (SSSR count). The van der Waals surface area contributed by atoms with Gasteiger partial charge in [-0.25, -0.2) is 4.39 Å². The van der Waals surface area contributed by atoms with Gasteiger partial charge in [0.25, 0.3) is 5.69 Å². The van der Waals surface area contributed by atoms with Crippen molar-refractivity contribution in [2.45, 2.75) is 13.1 Å². The number of rotatable bonds is 5. The third kappa shape index (κ3) is 3.48. The van der Waals surface area contributed by atoms with E-state index in [9.17, 15) is 14.5 Å². The quantitative estimate of drug-likeness (QED) is 0.654. The Morgan fingerprint density at radius 3 is 2.57 bits per heavy atom. The number of anilines is 1. The monoisotopic (exact) mass is 309 g/mol. The van der Waals surface area contributed by atoms with E-state index in [1.807, 2.05) is 24.3 Å². The Bertz CT molecular complexity index is 679. The summed E-state index contributed by atoms with van der Waals surface area (Å²) >= 11 is 5.67. The summed E-state index contributed by atoms with van der Waals surface area (Å²) in [7, 11) is 0. The van der Waals surface area contributed by atoms with Crippen molar-refractivity contribution in [3.05, 3.63) is 68.5 Å². The van der Waals surface area contributed by atoms with Crippen LogP contribution in [0.25, 0.3) is 0 Å². The lowest BCUT2D eigenvalue weighted by Crippen LogP contribution is -2.07. The van der Waals surface area contributed by atoms with Gasteiger partial charge in [-0.2, -0.15) is 0 Å². The van der Waals surface area contributed by atoms with Crippen LogP contribution in [0.15, 0.2) is 36.4 Å². The Hall–Kier alpha value is -2.18. The van der Waals surface area contributed by atoms with Crippen LogP contribution in [0.1, 0.15) is 11.1 Å². The van der Waals surface area contributed by atoms with E-state index in [1.165, 1.54) is 6.07 Å². The van der Waals surface area contributed by atoms with E-state index >= 15 is 0 Å². The minimum absolute atomic E-state index is 0.165. The third-order valence-corrected chi connectivity index (χ3v) is 3.33. The Kier molecular flexibility index (Phi) is 4.72. The molecular formula is C14H13ClFN3O2. The molecule has 0 radical (unpaired) electrons. The SMILES string of the molecule is NCc1ccccc1CNc1cc(Cl)c(F)cc1[N+](=O)[O-]. The van der Waals surface area contributed by atoms with E-state index in [2.05, 4.69) is 5.32 Å². The van der Waals surface area contributed by atoms with Crippen molar-refractivity contribution < 1.29 is 9.31 Å². The molecular weight excluding hydrogens is 297 g/mol. The Morgan fingerprint density at radius 2 is 1.95 bits per heavy atom. The molecule has 2 aromatic rings. The molecule has 0 saturated heterocycles. The van der Waals surface area contributed by atoms with E-state index in [0.29, 0.717) is 13.1 Å². The van der Waals surface area contributed by atoms with Crippen LogP contribution < -0.4 is 11.1 Å². The second-order valence-corrected chi connectivity index (χ2v) is 4.77. The third-order valence-electron chi connectivity index (χ3n) is 3.04. The van der Waals surface area contributed by atoms with Crippen molar-refractivity contribution in [1.29, 1.82) is 0 Å². The molecule has 0 aliphatic carbocycles. The van der Waals surface area contributed by atoms with Gasteiger partial charge in [0, 0.05) is 13.1 Å². The predicted octanol–water partition coefficient (Wildman–Crippen LogP) is 3.46. The molecule has 0 bridgehead atoms. The second-order valence-electron chi connectivity index (χ2n) is 4.37. The van der Waals surface area contributed by atoms with Gasteiger partial charge in [0.1, 0.15) is 11.5 Å².